The Balaban J connectivity index is 2.84. The topological polar surface area (TPSA) is 67.8 Å². The Bertz CT molecular complexity index is 95.6. The summed E-state index contributed by atoms with van der Waals surface area (Å²) in [6.45, 7) is 0.502. The quantitative estimate of drug-likeness (QED) is 0.302. The second-order valence-electron chi connectivity index (χ2n) is 1.34. The Hall–Kier alpha value is -0.0100. The molecule has 0 aliphatic heterocycles. The van der Waals surface area contributed by atoms with Crippen LogP contribution >= 0.6 is 0 Å². The van der Waals surface area contributed by atoms with Gasteiger partial charge in [-0.05, 0) is 0 Å². The molecular weight excluding hydrogens is 160 g/mol. The molecule has 0 heterocycles. The summed E-state index contributed by atoms with van der Waals surface area (Å²) in [6.07, 6.45) is 0. The lowest BCUT2D eigenvalue weighted by Crippen LogP contribution is -2.06. The van der Waals surface area contributed by atoms with E-state index in [-0.39, 0.29) is 6.79 Å². The number of methoxy groups -OCH3 is 1. The molecule has 6 heteroatoms. The molecule has 0 amide bonds. The molecule has 0 spiro atoms. The first-order chi connectivity index (χ1) is 4.77. The van der Waals surface area contributed by atoms with Crippen molar-refractivity contribution in [3.05, 3.63) is 0 Å². The highest BCUT2D eigenvalue weighted by molar-refractivity contribution is 7.74. The first kappa shape index (κ1) is 9.99. The normalized spacial score (nSPS) is 13.4. The van der Waals surface area contributed by atoms with Gasteiger partial charge in [-0.2, -0.15) is 0 Å². The van der Waals surface area contributed by atoms with Crippen LogP contribution in [0.1, 0.15) is 0 Å². The van der Waals surface area contributed by atoms with Crippen LogP contribution in [0.4, 0.5) is 0 Å². The standard InChI is InChI=1S/C4H10O5S/c1-7-2-3-8-4-9-10(5)6/h2-4H2,1H3,(H,5,6)/p-1. The summed E-state index contributed by atoms with van der Waals surface area (Å²) in [4.78, 5) is 0. The number of hydrogen-bond acceptors (Lipinski definition) is 5. The summed E-state index contributed by atoms with van der Waals surface area (Å²) in [7, 11) is 1.52. The van der Waals surface area contributed by atoms with E-state index in [0.29, 0.717) is 13.2 Å². The zero-order valence-corrected chi connectivity index (χ0v) is 6.39. The van der Waals surface area contributed by atoms with Crippen molar-refractivity contribution in [3.8, 4) is 0 Å². The van der Waals surface area contributed by atoms with E-state index in [0.717, 1.165) is 0 Å². The predicted octanol–water partition coefficient (Wildman–Crippen LogP) is -0.582. The third-order valence-corrected chi connectivity index (χ3v) is 0.948. The summed E-state index contributed by atoms with van der Waals surface area (Å²) >= 11 is -2.49. The lowest BCUT2D eigenvalue weighted by molar-refractivity contribution is -0.00639. The smallest absolute Gasteiger partial charge is 0.161 e. The Labute approximate surface area is 61.8 Å². The van der Waals surface area contributed by atoms with Gasteiger partial charge < -0.3 is 14.0 Å². The number of hydrogen-bond donors (Lipinski definition) is 0. The number of ether oxygens (including phenoxy) is 2. The minimum atomic E-state index is -2.49. The van der Waals surface area contributed by atoms with Crippen molar-refractivity contribution in [2.45, 2.75) is 0 Å². The van der Waals surface area contributed by atoms with Crippen molar-refractivity contribution >= 4 is 11.4 Å². The van der Waals surface area contributed by atoms with Crippen LogP contribution in [0.25, 0.3) is 0 Å². The highest BCUT2D eigenvalue weighted by Gasteiger charge is 1.86. The van der Waals surface area contributed by atoms with E-state index in [1.807, 2.05) is 0 Å². The molecule has 1 atom stereocenters. The minimum absolute atomic E-state index is 0.251. The average molecular weight is 169 g/mol. The van der Waals surface area contributed by atoms with E-state index >= 15 is 0 Å². The molecule has 0 rings (SSSR count). The zero-order valence-electron chi connectivity index (χ0n) is 5.57. The van der Waals surface area contributed by atoms with Crippen LogP contribution in [0.15, 0.2) is 0 Å². The molecule has 5 nitrogen and oxygen atoms in total. The first-order valence-corrected chi connectivity index (χ1v) is 3.56. The molecular formula is C4H9O5S-. The predicted molar refractivity (Wildman–Crippen MR) is 32.7 cm³/mol. The van der Waals surface area contributed by atoms with Crippen molar-refractivity contribution < 1.29 is 22.4 Å². The molecule has 0 radical (unpaired) electrons. The summed E-state index contributed by atoms with van der Waals surface area (Å²) in [6, 6.07) is 0. The van der Waals surface area contributed by atoms with Crippen LogP contribution in [0.5, 0.6) is 0 Å². The highest BCUT2D eigenvalue weighted by atomic mass is 32.2. The Morgan fingerprint density at radius 2 is 2.20 bits per heavy atom. The fourth-order valence-electron chi connectivity index (χ4n) is 0.274. The molecule has 10 heavy (non-hydrogen) atoms. The Morgan fingerprint density at radius 3 is 2.70 bits per heavy atom. The second kappa shape index (κ2) is 7.10. The van der Waals surface area contributed by atoms with Crippen LogP contribution in [0.2, 0.25) is 0 Å². The minimum Gasteiger partial charge on any atom is -0.750 e. The third-order valence-electron chi connectivity index (χ3n) is 0.659. The lowest BCUT2D eigenvalue weighted by atomic mass is 10.8. The second-order valence-corrected chi connectivity index (χ2v) is 1.98. The summed E-state index contributed by atoms with van der Waals surface area (Å²) in [5, 5.41) is 0. The highest BCUT2D eigenvalue weighted by Crippen LogP contribution is 1.80. The molecule has 0 fully saturated rings. The van der Waals surface area contributed by atoms with Crippen molar-refractivity contribution in [1.29, 1.82) is 0 Å². The Kier molecular flexibility index (Phi) is 7.09. The van der Waals surface area contributed by atoms with Crippen LogP contribution < -0.4 is 0 Å². The van der Waals surface area contributed by atoms with Gasteiger partial charge in [0.25, 0.3) is 0 Å². The largest absolute Gasteiger partial charge is 0.750 e. The van der Waals surface area contributed by atoms with Crippen LogP contribution in [0, 0.1) is 0 Å². The van der Waals surface area contributed by atoms with E-state index in [1.54, 1.807) is 0 Å². The van der Waals surface area contributed by atoms with Crippen molar-refractivity contribution in [2.24, 2.45) is 0 Å². The Morgan fingerprint density at radius 1 is 1.50 bits per heavy atom. The molecule has 0 N–H and O–H groups in total. The fourth-order valence-corrected chi connectivity index (χ4v) is 0.421. The molecule has 0 saturated carbocycles. The average Bonchev–Trinajstić information content (AvgIpc) is 1.87. The van der Waals surface area contributed by atoms with Crippen molar-refractivity contribution in [1.82, 2.24) is 0 Å². The van der Waals surface area contributed by atoms with Gasteiger partial charge in [0.1, 0.15) is 0 Å². The van der Waals surface area contributed by atoms with Crippen LogP contribution in [-0.4, -0.2) is 35.9 Å². The van der Waals surface area contributed by atoms with Gasteiger partial charge in [-0.1, -0.05) is 0 Å². The maximum atomic E-state index is 9.70. The van der Waals surface area contributed by atoms with Crippen molar-refractivity contribution in [2.75, 3.05) is 27.1 Å². The molecule has 0 aliphatic rings. The van der Waals surface area contributed by atoms with Gasteiger partial charge in [0.15, 0.2) is 6.79 Å². The van der Waals surface area contributed by atoms with E-state index in [2.05, 4.69) is 13.7 Å². The zero-order chi connectivity index (χ0) is 7.82. The summed E-state index contributed by atoms with van der Waals surface area (Å²) in [5.41, 5.74) is 0. The number of rotatable bonds is 6. The van der Waals surface area contributed by atoms with Gasteiger partial charge in [0.05, 0.1) is 24.6 Å². The van der Waals surface area contributed by atoms with Crippen LogP contribution in [-0.2, 0) is 25.0 Å². The molecule has 0 bridgehead atoms. The maximum Gasteiger partial charge on any atom is 0.161 e. The maximum absolute atomic E-state index is 9.70. The van der Waals surface area contributed by atoms with E-state index in [1.165, 1.54) is 7.11 Å². The third kappa shape index (κ3) is 7.99. The van der Waals surface area contributed by atoms with Gasteiger partial charge in [-0.15, -0.1) is 0 Å². The molecule has 0 aromatic rings. The van der Waals surface area contributed by atoms with Gasteiger partial charge in [0.2, 0.25) is 0 Å². The molecule has 62 valence electrons. The van der Waals surface area contributed by atoms with E-state index in [4.69, 9.17) is 0 Å². The molecule has 0 aromatic heterocycles. The van der Waals surface area contributed by atoms with E-state index in [9.17, 15) is 8.76 Å². The van der Waals surface area contributed by atoms with Gasteiger partial charge in [-0.3, -0.25) is 4.18 Å². The SMILES string of the molecule is COCCOCOS(=O)[O-]. The van der Waals surface area contributed by atoms with Crippen LogP contribution in [0.3, 0.4) is 0 Å². The van der Waals surface area contributed by atoms with Gasteiger partial charge in [0, 0.05) is 7.11 Å². The van der Waals surface area contributed by atoms with E-state index < -0.39 is 11.4 Å². The monoisotopic (exact) mass is 169 g/mol. The lowest BCUT2D eigenvalue weighted by Gasteiger charge is -2.05. The molecule has 0 aliphatic carbocycles. The van der Waals surface area contributed by atoms with Gasteiger partial charge in [-0.25, -0.2) is 4.21 Å². The molecule has 0 saturated heterocycles. The fraction of sp³-hybridized carbons (Fsp3) is 1.00. The molecule has 0 aromatic carbocycles. The van der Waals surface area contributed by atoms with Gasteiger partial charge >= 0.3 is 0 Å². The molecule has 1 unspecified atom stereocenters. The summed E-state index contributed by atoms with van der Waals surface area (Å²) in [5.74, 6) is 0. The summed E-state index contributed by atoms with van der Waals surface area (Å²) < 4.78 is 32.7. The van der Waals surface area contributed by atoms with Crippen molar-refractivity contribution in [3.63, 3.8) is 0 Å². The first-order valence-electron chi connectivity index (χ1n) is 2.56.